The van der Waals surface area contributed by atoms with E-state index in [2.05, 4.69) is 17.2 Å². The lowest BCUT2D eigenvalue weighted by molar-refractivity contribution is -0.116. The summed E-state index contributed by atoms with van der Waals surface area (Å²) in [5, 5.41) is 3.77. The maximum atomic E-state index is 12.5. The van der Waals surface area contributed by atoms with E-state index in [-0.39, 0.29) is 12.5 Å². The average molecular weight is 341 g/mol. The van der Waals surface area contributed by atoms with E-state index < -0.39 is 0 Å². The van der Waals surface area contributed by atoms with Gasteiger partial charge in [0.1, 0.15) is 12.3 Å². The van der Waals surface area contributed by atoms with Crippen LogP contribution in [0.3, 0.4) is 0 Å². The van der Waals surface area contributed by atoms with Gasteiger partial charge >= 0.3 is 0 Å². The van der Waals surface area contributed by atoms with E-state index in [1.165, 1.54) is 0 Å². The highest BCUT2D eigenvalue weighted by Crippen LogP contribution is 2.24. The molecule has 0 saturated carbocycles. The van der Waals surface area contributed by atoms with Crippen molar-refractivity contribution in [2.75, 3.05) is 18.2 Å². The van der Waals surface area contributed by atoms with Crippen molar-refractivity contribution in [3.8, 4) is 5.75 Å². The van der Waals surface area contributed by atoms with Crippen molar-refractivity contribution in [3.05, 3.63) is 48.5 Å². The van der Waals surface area contributed by atoms with Gasteiger partial charge in [0, 0.05) is 11.8 Å². The summed E-state index contributed by atoms with van der Waals surface area (Å²) in [7, 11) is 1.60. The van der Waals surface area contributed by atoms with Gasteiger partial charge in [0.15, 0.2) is 5.16 Å². The molecule has 0 aliphatic heterocycles. The number of imidazole rings is 1. The standard InChI is InChI=1S/C18H19N3O2S/c1-3-24-18-20-15-9-4-5-10-16(15)21(18)12-17(22)19-13-7-6-8-14(11-13)23-2/h4-11H,3,12H2,1-2H3,(H,19,22). The van der Waals surface area contributed by atoms with Crippen LogP contribution in [0.2, 0.25) is 0 Å². The maximum Gasteiger partial charge on any atom is 0.244 e. The molecule has 0 saturated heterocycles. The molecule has 124 valence electrons. The van der Waals surface area contributed by atoms with Crippen LogP contribution in [-0.4, -0.2) is 28.3 Å². The van der Waals surface area contributed by atoms with Gasteiger partial charge < -0.3 is 14.6 Å². The Balaban J connectivity index is 1.83. The number of carbonyl (C=O) groups is 1. The third-order valence-corrected chi connectivity index (χ3v) is 4.41. The highest BCUT2D eigenvalue weighted by atomic mass is 32.2. The average Bonchev–Trinajstić information content (AvgIpc) is 2.93. The molecule has 0 radical (unpaired) electrons. The van der Waals surface area contributed by atoms with Gasteiger partial charge in [-0.2, -0.15) is 0 Å². The summed E-state index contributed by atoms with van der Waals surface area (Å²) >= 11 is 1.63. The monoisotopic (exact) mass is 341 g/mol. The van der Waals surface area contributed by atoms with Crippen LogP contribution >= 0.6 is 11.8 Å². The number of carbonyl (C=O) groups excluding carboxylic acids is 1. The Kier molecular flexibility index (Phi) is 5.05. The number of ether oxygens (including phenoxy) is 1. The number of benzene rings is 2. The first kappa shape index (κ1) is 16.4. The molecular formula is C18H19N3O2S. The maximum absolute atomic E-state index is 12.5. The van der Waals surface area contributed by atoms with E-state index in [9.17, 15) is 4.79 Å². The predicted molar refractivity (Wildman–Crippen MR) is 97.8 cm³/mol. The van der Waals surface area contributed by atoms with E-state index >= 15 is 0 Å². The molecule has 3 rings (SSSR count). The van der Waals surface area contributed by atoms with Crippen LogP contribution in [0.4, 0.5) is 5.69 Å². The second kappa shape index (κ2) is 7.40. The normalized spacial score (nSPS) is 10.8. The molecule has 0 aliphatic carbocycles. The van der Waals surface area contributed by atoms with Crippen LogP contribution < -0.4 is 10.1 Å². The molecule has 3 aromatic rings. The number of nitrogens with one attached hydrogen (secondary N) is 1. The fraction of sp³-hybridized carbons (Fsp3) is 0.222. The molecular weight excluding hydrogens is 322 g/mol. The molecule has 6 heteroatoms. The Hall–Kier alpha value is -2.47. The van der Waals surface area contributed by atoms with Gasteiger partial charge in [-0.05, 0) is 30.0 Å². The van der Waals surface area contributed by atoms with Gasteiger partial charge in [-0.3, -0.25) is 4.79 Å². The summed E-state index contributed by atoms with van der Waals surface area (Å²) in [6.45, 7) is 2.30. The number of nitrogens with zero attached hydrogens (tertiary/aromatic N) is 2. The van der Waals surface area contributed by atoms with E-state index in [1.54, 1.807) is 24.9 Å². The van der Waals surface area contributed by atoms with E-state index in [1.807, 2.05) is 47.0 Å². The van der Waals surface area contributed by atoms with Crippen molar-refractivity contribution in [2.24, 2.45) is 0 Å². The summed E-state index contributed by atoms with van der Waals surface area (Å²) < 4.78 is 7.14. The van der Waals surface area contributed by atoms with Gasteiger partial charge in [-0.1, -0.05) is 36.9 Å². The minimum atomic E-state index is -0.0932. The van der Waals surface area contributed by atoms with Crippen molar-refractivity contribution in [1.82, 2.24) is 9.55 Å². The Bertz CT molecular complexity index is 860. The van der Waals surface area contributed by atoms with E-state index in [4.69, 9.17) is 4.74 Å². The molecule has 2 aromatic carbocycles. The number of hydrogen-bond acceptors (Lipinski definition) is 4. The third-order valence-electron chi connectivity index (χ3n) is 3.55. The number of fused-ring (bicyclic) bond motifs is 1. The van der Waals surface area contributed by atoms with Gasteiger partial charge in [0.25, 0.3) is 0 Å². The second-order valence-corrected chi connectivity index (χ2v) is 6.41. The second-order valence-electron chi connectivity index (χ2n) is 5.18. The number of amides is 1. The summed E-state index contributed by atoms with van der Waals surface area (Å²) in [6, 6.07) is 15.2. The lowest BCUT2D eigenvalue weighted by Gasteiger charge is -2.10. The molecule has 24 heavy (non-hydrogen) atoms. The first-order valence-electron chi connectivity index (χ1n) is 7.73. The van der Waals surface area contributed by atoms with E-state index in [0.717, 1.165) is 21.9 Å². The molecule has 1 heterocycles. The molecule has 1 N–H and O–H groups in total. The topological polar surface area (TPSA) is 56.2 Å². The van der Waals surface area contributed by atoms with Crippen molar-refractivity contribution < 1.29 is 9.53 Å². The van der Waals surface area contributed by atoms with E-state index in [0.29, 0.717) is 11.4 Å². The minimum absolute atomic E-state index is 0.0932. The number of para-hydroxylation sites is 2. The quantitative estimate of drug-likeness (QED) is 0.693. The lowest BCUT2D eigenvalue weighted by Crippen LogP contribution is -2.19. The van der Waals surface area contributed by atoms with Crippen molar-refractivity contribution in [2.45, 2.75) is 18.6 Å². The molecule has 1 amide bonds. The van der Waals surface area contributed by atoms with Crippen LogP contribution in [0.15, 0.2) is 53.7 Å². The van der Waals surface area contributed by atoms with Gasteiger partial charge in [0.2, 0.25) is 5.91 Å². The molecule has 0 unspecified atom stereocenters. The van der Waals surface area contributed by atoms with Crippen molar-refractivity contribution in [3.63, 3.8) is 0 Å². The Labute approximate surface area is 145 Å². The fourth-order valence-electron chi connectivity index (χ4n) is 2.49. The molecule has 0 aliphatic rings. The number of aromatic nitrogens is 2. The molecule has 0 spiro atoms. The zero-order valence-electron chi connectivity index (χ0n) is 13.7. The number of thioether (sulfide) groups is 1. The van der Waals surface area contributed by atoms with Gasteiger partial charge in [-0.15, -0.1) is 0 Å². The Morgan fingerprint density at radius 2 is 2.08 bits per heavy atom. The first-order valence-corrected chi connectivity index (χ1v) is 8.71. The number of rotatable bonds is 6. The molecule has 1 aromatic heterocycles. The van der Waals surface area contributed by atoms with Crippen molar-refractivity contribution >= 4 is 34.4 Å². The largest absolute Gasteiger partial charge is 0.497 e. The zero-order chi connectivity index (χ0) is 16.9. The highest BCUT2D eigenvalue weighted by molar-refractivity contribution is 7.99. The number of methoxy groups -OCH3 is 1. The minimum Gasteiger partial charge on any atom is -0.497 e. The van der Waals surface area contributed by atoms with Crippen LogP contribution in [0.5, 0.6) is 5.75 Å². The summed E-state index contributed by atoms with van der Waals surface area (Å²) in [4.78, 5) is 17.1. The fourth-order valence-corrected chi connectivity index (χ4v) is 3.23. The predicted octanol–water partition coefficient (Wildman–Crippen LogP) is 3.80. The zero-order valence-corrected chi connectivity index (χ0v) is 14.5. The van der Waals surface area contributed by atoms with Gasteiger partial charge in [-0.25, -0.2) is 4.98 Å². The van der Waals surface area contributed by atoms with Crippen LogP contribution in [-0.2, 0) is 11.3 Å². The molecule has 0 atom stereocenters. The summed E-state index contributed by atoms with van der Waals surface area (Å²) in [5.41, 5.74) is 2.59. The smallest absolute Gasteiger partial charge is 0.244 e. The van der Waals surface area contributed by atoms with Gasteiger partial charge in [0.05, 0.1) is 18.1 Å². The Morgan fingerprint density at radius 3 is 2.88 bits per heavy atom. The summed E-state index contributed by atoms with van der Waals surface area (Å²) in [6.07, 6.45) is 0. The molecule has 0 bridgehead atoms. The van der Waals surface area contributed by atoms with Crippen molar-refractivity contribution in [1.29, 1.82) is 0 Å². The van der Waals surface area contributed by atoms with Crippen LogP contribution in [0.1, 0.15) is 6.92 Å². The third kappa shape index (κ3) is 3.54. The number of hydrogen-bond donors (Lipinski definition) is 1. The van der Waals surface area contributed by atoms with Crippen LogP contribution in [0.25, 0.3) is 11.0 Å². The highest BCUT2D eigenvalue weighted by Gasteiger charge is 2.13. The first-order chi connectivity index (χ1) is 11.7. The molecule has 0 fully saturated rings. The Morgan fingerprint density at radius 1 is 1.25 bits per heavy atom. The molecule has 5 nitrogen and oxygen atoms in total. The lowest BCUT2D eigenvalue weighted by atomic mass is 10.3. The number of anilines is 1. The summed E-state index contributed by atoms with van der Waals surface area (Å²) in [5.74, 6) is 1.52. The SMILES string of the molecule is CCSc1nc2ccccc2n1CC(=O)Nc1cccc(OC)c1. The van der Waals surface area contributed by atoms with Crippen LogP contribution in [0, 0.1) is 0 Å².